The van der Waals surface area contributed by atoms with Crippen LogP contribution in [0.1, 0.15) is 33.6 Å². The Hall–Kier alpha value is -2.04. The third-order valence-corrected chi connectivity index (χ3v) is 6.90. The highest BCUT2D eigenvalue weighted by Crippen LogP contribution is 2.39. The molecule has 1 aromatic heterocycles. The molecule has 33 heavy (non-hydrogen) atoms. The molecule has 1 amide bonds. The number of piperazine rings is 1. The molecule has 2 heterocycles. The summed E-state index contributed by atoms with van der Waals surface area (Å²) >= 11 is 9.96. The molecule has 0 spiro atoms. The Balaban J connectivity index is 1.66. The van der Waals surface area contributed by atoms with Gasteiger partial charge in [0.05, 0.1) is 16.6 Å². The maximum Gasteiger partial charge on any atom is 0.410 e. The van der Waals surface area contributed by atoms with Crippen molar-refractivity contribution >= 4 is 44.5 Å². The molecule has 1 aromatic carbocycles. The van der Waals surface area contributed by atoms with Crippen molar-refractivity contribution in [1.29, 1.82) is 0 Å². The maximum atomic E-state index is 12.8. The molecular formula is C22H28BrClN4O5. The van der Waals surface area contributed by atoms with E-state index in [4.69, 9.17) is 21.1 Å². The number of carbonyl (C=O) groups excluding carboxylic acids is 1. The molecule has 11 heteroatoms. The number of hydrogen-bond donors (Lipinski definition) is 2. The molecule has 1 aliphatic heterocycles. The van der Waals surface area contributed by atoms with Crippen molar-refractivity contribution < 1.29 is 14.3 Å². The number of aromatic amines is 1. The molecule has 2 aromatic rings. The molecule has 1 saturated heterocycles. The van der Waals surface area contributed by atoms with E-state index in [1.165, 1.54) is 0 Å². The number of hydrogen-bond acceptors (Lipinski definition) is 6. The highest BCUT2D eigenvalue weighted by atomic mass is 79.9. The molecule has 1 aliphatic carbocycles. The Bertz CT molecular complexity index is 1180. The molecule has 2 N–H and O–H groups in total. The van der Waals surface area contributed by atoms with Crippen LogP contribution in [-0.2, 0) is 11.3 Å². The minimum atomic E-state index is -0.615. The van der Waals surface area contributed by atoms with Gasteiger partial charge in [-0.25, -0.2) is 9.59 Å². The standard InChI is InChI=1S/C22H28BrClN4O5/c1-22(2,3)33-21(31)27-7-6-25-9-13(27)11-32-18-16-15(8-14(23)17(18)24)28(10-12-4-5-12)20(30)26-19(16)29/h8,12-13,25H,4-7,9-11H2,1-3H3,(H,26,29,30). The highest BCUT2D eigenvalue weighted by molar-refractivity contribution is 9.10. The van der Waals surface area contributed by atoms with Gasteiger partial charge in [-0.15, -0.1) is 0 Å². The molecule has 0 bridgehead atoms. The van der Waals surface area contributed by atoms with Crippen molar-refractivity contribution in [2.75, 3.05) is 26.2 Å². The lowest BCUT2D eigenvalue weighted by Crippen LogP contribution is -2.56. The molecule has 1 unspecified atom stereocenters. The van der Waals surface area contributed by atoms with Crippen LogP contribution in [0.5, 0.6) is 5.75 Å². The van der Waals surface area contributed by atoms with Gasteiger partial charge >= 0.3 is 11.8 Å². The molecule has 180 valence electrons. The minimum Gasteiger partial charge on any atom is -0.489 e. The fraction of sp³-hybridized carbons (Fsp3) is 0.591. The monoisotopic (exact) mass is 542 g/mol. The second-order valence-corrected chi connectivity index (χ2v) is 10.8. The smallest absolute Gasteiger partial charge is 0.410 e. The van der Waals surface area contributed by atoms with E-state index in [0.717, 1.165) is 12.8 Å². The lowest BCUT2D eigenvalue weighted by atomic mass is 10.2. The summed E-state index contributed by atoms with van der Waals surface area (Å²) in [5.41, 5.74) is -1.16. The van der Waals surface area contributed by atoms with Crippen LogP contribution in [0, 0.1) is 5.92 Å². The molecule has 0 radical (unpaired) electrons. The van der Waals surface area contributed by atoms with E-state index in [0.29, 0.717) is 42.1 Å². The van der Waals surface area contributed by atoms with Gasteiger partial charge in [-0.2, -0.15) is 0 Å². The number of nitrogens with one attached hydrogen (secondary N) is 2. The number of amides is 1. The SMILES string of the molecule is CC(C)(C)OC(=O)N1CCNCC1COc1c(Cl)c(Br)cc2c1c(=O)[nH]c(=O)n2CC1CC1. The van der Waals surface area contributed by atoms with E-state index in [9.17, 15) is 14.4 Å². The van der Waals surface area contributed by atoms with Crippen LogP contribution in [0.25, 0.3) is 10.9 Å². The number of ether oxygens (including phenoxy) is 2. The van der Waals surface area contributed by atoms with Crippen LogP contribution in [0.15, 0.2) is 20.1 Å². The lowest BCUT2D eigenvalue weighted by Gasteiger charge is -2.37. The number of benzene rings is 1. The fourth-order valence-corrected chi connectivity index (χ4v) is 4.49. The van der Waals surface area contributed by atoms with Gasteiger partial charge in [0.2, 0.25) is 0 Å². The maximum absolute atomic E-state index is 12.8. The molecule has 9 nitrogen and oxygen atoms in total. The summed E-state index contributed by atoms with van der Waals surface area (Å²) < 4.78 is 13.7. The summed E-state index contributed by atoms with van der Waals surface area (Å²) in [5.74, 6) is 0.605. The van der Waals surface area contributed by atoms with Crippen molar-refractivity contribution in [1.82, 2.24) is 19.8 Å². The Kier molecular flexibility index (Phi) is 6.80. The molecule has 1 atom stereocenters. The third kappa shape index (κ3) is 5.38. The van der Waals surface area contributed by atoms with Crippen LogP contribution >= 0.6 is 27.5 Å². The molecular weight excluding hydrogens is 516 g/mol. The van der Waals surface area contributed by atoms with E-state index in [2.05, 4.69) is 26.2 Å². The summed E-state index contributed by atoms with van der Waals surface area (Å²) in [4.78, 5) is 42.0. The summed E-state index contributed by atoms with van der Waals surface area (Å²) in [6, 6.07) is 1.36. The van der Waals surface area contributed by atoms with Gasteiger partial charge in [0.15, 0.2) is 5.75 Å². The van der Waals surface area contributed by atoms with Gasteiger partial charge in [-0.3, -0.25) is 19.2 Å². The van der Waals surface area contributed by atoms with Crippen LogP contribution in [0.4, 0.5) is 4.79 Å². The van der Waals surface area contributed by atoms with Gasteiger partial charge in [0.1, 0.15) is 17.6 Å². The highest BCUT2D eigenvalue weighted by Gasteiger charge is 2.32. The molecule has 2 aliphatic rings. The zero-order chi connectivity index (χ0) is 23.9. The van der Waals surface area contributed by atoms with Gasteiger partial charge < -0.3 is 14.8 Å². The Morgan fingerprint density at radius 3 is 2.70 bits per heavy atom. The predicted molar refractivity (Wildman–Crippen MR) is 129 cm³/mol. The van der Waals surface area contributed by atoms with Crippen LogP contribution in [-0.4, -0.2) is 58.4 Å². The van der Waals surface area contributed by atoms with Crippen molar-refractivity contribution in [3.63, 3.8) is 0 Å². The number of halogens is 2. The zero-order valence-electron chi connectivity index (χ0n) is 18.9. The van der Waals surface area contributed by atoms with E-state index in [1.807, 2.05) is 20.8 Å². The van der Waals surface area contributed by atoms with Crippen molar-refractivity contribution in [2.24, 2.45) is 5.92 Å². The summed E-state index contributed by atoms with van der Waals surface area (Å²) in [5, 5.41) is 3.71. The Morgan fingerprint density at radius 2 is 2.03 bits per heavy atom. The van der Waals surface area contributed by atoms with Crippen LogP contribution < -0.4 is 21.3 Å². The first-order chi connectivity index (χ1) is 15.5. The normalized spacial score (nSPS) is 19.1. The number of fused-ring (bicyclic) bond motifs is 1. The fourth-order valence-electron chi connectivity index (χ4n) is 3.88. The quantitative estimate of drug-likeness (QED) is 0.600. The van der Waals surface area contributed by atoms with Gasteiger partial charge in [0, 0.05) is 30.7 Å². The van der Waals surface area contributed by atoms with Crippen molar-refractivity contribution in [3.05, 3.63) is 36.4 Å². The first-order valence-electron chi connectivity index (χ1n) is 11.0. The van der Waals surface area contributed by atoms with E-state index in [1.54, 1.807) is 15.5 Å². The van der Waals surface area contributed by atoms with Crippen LogP contribution in [0.2, 0.25) is 5.02 Å². The van der Waals surface area contributed by atoms with E-state index in [-0.39, 0.29) is 28.8 Å². The number of nitrogens with zero attached hydrogens (tertiary/aromatic N) is 2. The number of rotatable bonds is 5. The number of H-pyrrole nitrogens is 1. The van der Waals surface area contributed by atoms with Gasteiger partial charge in [-0.05, 0) is 61.5 Å². The molecule has 2 fully saturated rings. The largest absolute Gasteiger partial charge is 0.489 e. The van der Waals surface area contributed by atoms with Crippen molar-refractivity contribution in [3.8, 4) is 5.75 Å². The van der Waals surface area contributed by atoms with Gasteiger partial charge in [-0.1, -0.05) is 11.6 Å². The number of carbonyl (C=O) groups is 1. The van der Waals surface area contributed by atoms with E-state index >= 15 is 0 Å². The topological polar surface area (TPSA) is 106 Å². The third-order valence-electron chi connectivity index (χ3n) is 5.68. The second kappa shape index (κ2) is 9.31. The van der Waals surface area contributed by atoms with Crippen molar-refractivity contribution in [2.45, 2.75) is 51.8 Å². The summed E-state index contributed by atoms with van der Waals surface area (Å²) in [7, 11) is 0. The second-order valence-electron chi connectivity index (χ2n) is 9.55. The predicted octanol–water partition coefficient (Wildman–Crippen LogP) is 3.10. The van der Waals surface area contributed by atoms with Gasteiger partial charge in [0.25, 0.3) is 5.56 Å². The minimum absolute atomic E-state index is 0.0959. The first-order valence-corrected chi connectivity index (χ1v) is 12.2. The van der Waals surface area contributed by atoms with E-state index < -0.39 is 22.9 Å². The average molecular weight is 544 g/mol. The molecule has 1 saturated carbocycles. The Labute approximate surface area is 204 Å². The lowest BCUT2D eigenvalue weighted by molar-refractivity contribution is 0.00639. The van der Waals surface area contributed by atoms with Crippen LogP contribution in [0.3, 0.4) is 0 Å². The summed E-state index contributed by atoms with van der Waals surface area (Å²) in [6.07, 6.45) is 1.69. The molecule has 4 rings (SSSR count). The first kappa shape index (κ1) is 24.1. The zero-order valence-corrected chi connectivity index (χ0v) is 21.2. The Morgan fingerprint density at radius 1 is 1.30 bits per heavy atom. The average Bonchev–Trinajstić information content (AvgIpc) is 3.55. The number of aromatic nitrogens is 2. The summed E-state index contributed by atoms with van der Waals surface area (Å²) in [6.45, 7) is 7.70.